The molecule has 2 aromatic carbocycles. The van der Waals surface area contributed by atoms with Crippen LogP contribution in [0.2, 0.25) is 0 Å². The van der Waals surface area contributed by atoms with E-state index in [-0.39, 0.29) is 0 Å². The third-order valence-corrected chi connectivity index (χ3v) is 4.60. The number of aromatic nitrogens is 2. The monoisotopic (exact) mass is 372 g/mol. The number of aryl methyl sites for hydroxylation is 1. The Morgan fingerprint density at radius 3 is 2.39 bits per heavy atom. The maximum Gasteiger partial charge on any atom is 0.225 e. The number of benzene rings is 2. The molecule has 5 nitrogen and oxygen atoms in total. The number of nitrogens with one attached hydrogen (secondary N) is 2. The molecule has 2 N–H and O–H groups in total. The molecule has 0 fully saturated rings. The van der Waals surface area contributed by atoms with E-state index in [0.29, 0.717) is 5.95 Å². The van der Waals surface area contributed by atoms with Gasteiger partial charge in [-0.25, -0.2) is 4.98 Å². The minimum Gasteiger partial charge on any atom is -0.466 e. The number of hydrogen-bond acceptors (Lipinski definition) is 5. The zero-order chi connectivity index (χ0) is 19.2. The summed E-state index contributed by atoms with van der Waals surface area (Å²) in [6.07, 6.45) is 1.74. The van der Waals surface area contributed by atoms with Gasteiger partial charge in [0.25, 0.3) is 0 Å². The molecule has 0 saturated carbocycles. The Balaban J connectivity index is 1.45. The van der Waals surface area contributed by atoms with Crippen molar-refractivity contribution < 1.29 is 4.42 Å². The predicted molar refractivity (Wildman–Crippen MR) is 114 cm³/mol. The molecule has 0 aliphatic rings. The van der Waals surface area contributed by atoms with Gasteiger partial charge in [0.1, 0.15) is 17.3 Å². The van der Waals surface area contributed by atoms with Crippen molar-refractivity contribution in [1.82, 2.24) is 9.97 Å². The van der Waals surface area contributed by atoms with Crippen LogP contribution in [0.3, 0.4) is 0 Å². The fourth-order valence-corrected chi connectivity index (χ4v) is 3.18. The van der Waals surface area contributed by atoms with Gasteiger partial charge in [-0.15, -0.1) is 0 Å². The van der Waals surface area contributed by atoms with Crippen molar-refractivity contribution >= 4 is 22.7 Å². The van der Waals surface area contributed by atoms with Gasteiger partial charge >= 0.3 is 0 Å². The second-order valence-electron chi connectivity index (χ2n) is 6.76. The van der Waals surface area contributed by atoms with Gasteiger partial charge in [-0.3, -0.25) is 0 Å². The van der Waals surface area contributed by atoms with E-state index < -0.39 is 0 Å². The normalized spacial score (nSPS) is 10.9. The maximum absolute atomic E-state index is 5.62. The second-order valence-corrected chi connectivity index (χ2v) is 6.76. The quantitative estimate of drug-likeness (QED) is 0.463. The van der Waals surface area contributed by atoms with Crippen LogP contribution in [0, 0.1) is 6.92 Å². The lowest BCUT2D eigenvalue weighted by Gasteiger charge is -2.12. The summed E-state index contributed by atoms with van der Waals surface area (Å²) in [7, 11) is 0. The molecule has 0 saturated heterocycles. The molecule has 0 amide bonds. The first-order valence-corrected chi connectivity index (χ1v) is 9.62. The predicted octanol–water partition coefficient (Wildman–Crippen LogP) is 4.84. The standard InChI is InChI=1S/C23H24N4O/c1-17-11-12-19(28-17)14-16-25-23-26-21-10-6-5-9-20(21)22(27-23)24-15-13-18-7-3-2-4-8-18/h2-12H,13-16H2,1H3,(H2,24,25,26,27). The lowest BCUT2D eigenvalue weighted by Crippen LogP contribution is -2.11. The third-order valence-electron chi connectivity index (χ3n) is 4.60. The molecular formula is C23H24N4O. The fraction of sp³-hybridized carbons (Fsp3) is 0.217. The molecule has 0 bridgehead atoms. The van der Waals surface area contributed by atoms with E-state index >= 15 is 0 Å². The van der Waals surface area contributed by atoms with Gasteiger partial charge in [0.05, 0.1) is 5.52 Å². The first-order valence-electron chi connectivity index (χ1n) is 9.62. The van der Waals surface area contributed by atoms with Crippen molar-refractivity contribution in [3.63, 3.8) is 0 Å². The van der Waals surface area contributed by atoms with Crippen molar-refractivity contribution in [3.05, 3.63) is 83.8 Å². The molecule has 0 atom stereocenters. The smallest absolute Gasteiger partial charge is 0.225 e. The Bertz CT molecular complexity index is 1040. The zero-order valence-electron chi connectivity index (χ0n) is 16.0. The highest BCUT2D eigenvalue weighted by Crippen LogP contribution is 2.22. The molecule has 28 heavy (non-hydrogen) atoms. The lowest BCUT2D eigenvalue weighted by atomic mass is 10.1. The Morgan fingerprint density at radius 1 is 0.786 bits per heavy atom. The van der Waals surface area contributed by atoms with E-state index in [9.17, 15) is 0 Å². The molecule has 0 aliphatic heterocycles. The lowest BCUT2D eigenvalue weighted by molar-refractivity contribution is 0.486. The van der Waals surface area contributed by atoms with Crippen LogP contribution >= 0.6 is 0 Å². The van der Waals surface area contributed by atoms with E-state index in [1.165, 1.54) is 5.56 Å². The Kier molecular flexibility index (Phi) is 5.52. The highest BCUT2D eigenvalue weighted by atomic mass is 16.3. The number of para-hydroxylation sites is 1. The van der Waals surface area contributed by atoms with Crippen LogP contribution in [0.25, 0.3) is 10.9 Å². The Morgan fingerprint density at radius 2 is 1.57 bits per heavy atom. The number of rotatable bonds is 8. The summed E-state index contributed by atoms with van der Waals surface area (Å²) in [6, 6.07) is 22.5. The average Bonchev–Trinajstić information content (AvgIpc) is 3.14. The maximum atomic E-state index is 5.62. The average molecular weight is 372 g/mol. The third kappa shape index (κ3) is 4.49. The molecule has 0 radical (unpaired) electrons. The highest BCUT2D eigenvalue weighted by Gasteiger charge is 2.08. The van der Waals surface area contributed by atoms with Gasteiger partial charge in [-0.1, -0.05) is 42.5 Å². The van der Waals surface area contributed by atoms with Gasteiger partial charge in [-0.05, 0) is 43.2 Å². The van der Waals surface area contributed by atoms with Gasteiger partial charge in [0.2, 0.25) is 5.95 Å². The molecule has 4 aromatic rings. The Hall–Kier alpha value is -3.34. The minimum absolute atomic E-state index is 0.629. The largest absolute Gasteiger partial charge is 0.466 e. The summed E-state index contributed by atoms with van der Waals surface area (Å²) in [4.78, 5) is 9.35. The molecule has 2 heterocycles. The summed E-state index contributed by atoms with van der Waals surface area (Å²) < 4.78 is 5.62. The number of anilines is 2. The van der Waals surface area contributed by atoms with Crippen LogP contribution < -0.4 is 10.6 Å². The summed E-state index contributed by atoms with van der Waals surface area (Å²) in [6.45, 7) is 3.49. The Labute approximate surface area is 164 Å². The molecule has 0 aliphatic carbocycles. The van der Waals surface area contributed by atoms with E-state index in [1.54, 1.807) is 0 Å². The zero-order valence-corrected chi connectivity index (χ0v) is 16.0. The summed E-state index contributed by atoms with van der Waals surface area (Å²) in [5, 5.41) is 7.83. The van der Waals surface area contributed by atoms with Crippen LogP contribution in [0.1, 0.15) is 17.1 Å². The molecule has 0 unspecified atom stereocenters. The van der Waals surface area contributed by atoms with Crippen molar-refractivity contribution in [3.8, 4) is 0 Å². The number of furan rings is 1. The van der Waals surface area contributed by atoms with Crippen molar-refractivity contribution in [1.29, 1.82) is 0 Å². The molecule has 5 heteroatoms. The van der Waals surface area contributed by atoms with Gasteiger partial charge in [-0.2, -0.15) is 4.98 Å². The number of hydrogen-bond donors (Lipinski definition) is 2. The van der Waals surface area contributed by atoms with Crippen molar-refractivity contribution in [2.75, 3.05) is 23.7 Å². The minimum atomic E-state index is 0.629. The van der Waals surface area contributed by atoms with Crippen LogP contribution in [-0.4, -0.2) is 23.1 Å². The van der Waals surface area contributed by atoms with Gasteiger partial charge in [0.15, 0.2) is 0 Å². The van der Waals surface area contributed by atoms with Crippen LogP contribution in [0.5, 0.6) is 0 Å². The number of nitrogens with zero attached hydrogens (tertiary/aromatic N) is 2. The van der Waals surface area contributed by atoms with E-state index in [2.05, 4.69) is 45.9 Å². The second kappa shape index (κ2) is 8.57. The van der Waals surface area contributed by atoms with Crippen LogP contribution in [-0.2, 0) is 12.8 Å². The molecule has 4 rings (SSSR count). The first-order chi connectivity index (χ1) is 13.8. The SMILES string of the molecule is Cc1ccc(CCNc2nc(NCCc3ccccc3)c3ccccc3n2)o1. The fourth-order valence-electron chi connectivity index (χ4n) is 3.18. The molecule has 142 valence electrons. The van der Waals surface area contributed by atoms with Crippen molar-refractivity contribution in [2.45, 2.75) is 19.8 Å². The highest BCUT2D eigenvalue weighted by molar-refractivity contribution is 5.90. The van der Waals surface area contributed by atoms with E-state index in [4.69, 9.17) is 9.40 Å². The van der Waals surface area contributed by atoms with E-state index in [1.807, 2.05) is 43.3 Å². The topological polar surface area (TPSA) is 63.0 Å². The van der Waals surface area contributed by atoms with Crippen LogP contribution in [0.4, 0.5) is 11.8 Å². The summed E-state index contributed by atoms with van der Waals surface area (Å²) in [5.41, 5.74) is 2.23. The van der Waals surface area contributed by atoms with Crippen LogP contribution in [0.15, 0.2) is 71.1 Å². The summed E-state index contributed by atoms with van der Waals surface area (Å²) >= 11 is 0. The van der Waals surface area contributed by atoms with Gasteiger partial charge < -0.3 is 15.1 Å². The van der Waals surface area contributed by atoms with Crippen molar-refractivity contribution in [2.24, 2.45) is 0 Å². The molecule has 0 spiro atoms. The first kappa shape index (κ1) is 18.0. The summed E-state index contributed by atoms with van der Waals surface area (Å²) in [5.74, 6) is 3.39. The van der Waals surface area contributed by atoms with Gasteiger partial charge in [0, 0.05) is 24.9 Å². The molecular weight excluding hydrogens is 348 g/mol. The van der Waals surface area contributed by atoms with E-state index in [0.717, 1.165) is 54.2 Å². The molecule has 2 aromatic heterocycles. The number of fused-ring (bicyclic) bond motifs is 1.